The van der Waals surface area contributed by atoms with Gasteiger partial charge in [-0.25, -0.2) is 8.42 Å². The quantitative estimate of drug-likeness (QED) is 0.609. The van der Waals surface area contributed by atoms with E-state index in [1.165, 1.54) is 16.0 Å². The first-order valence-corrected chi connectivity index (χ1v) is 10.4. The largest absolute Gasteiger partial charge is 0.356 e. The summed E-state index contributed by atoms with van der Waals surface area (Å²) in [4.78, 5) is 7.13. The second-order valence-corrected chi connectivity index (χ2v) is 8.92. The summed E-state index contributed by atoms with van der Waals surface area (Å²) in [7, 11) is -1.39. The lowest BCUT2D eigenvalue weighted by atomic mass is 10.1. The Bertz CT molecular complexity index is 793. The van der Waals surface area contributed by atoms with Crippen LogP contribution in [0.5, 0.6) is 0 Å². The van der Waals surface area contributed by atoms with Crippen LogP contribution in [0, 0.1) is 6.92 Å². The summed E-state index contributed by atoms with van der Waals surface area (Å²) in [5, 5.41) is 6.55. The van der Waals surface area contributed by atoms with E-state index in [1.54, 1.807) is 30.5 Å². The SMILES string of the molecule is CN=C(NCCc1ccc(S(C)(=O)=O)cc1)NCc1ccc(C)s1. The summed E-state index contributed by atoms with van der Waals surface area (Å²) >= 11 is 1.77. The molecule has 1 aromatic heterocycles. The van der Waals surface area contributed by atoms with Crippen molar-refractivity contribution in [3.8, 4) is 0 Å². The zero-order valence-electron chi connectivity index (χ0n) is 14.2. The molecule has 0 aliphatic heterocycles. The number of rotatable bonds is 6. The van der Waals surface area contributed by atoms with Gasteiger partial charge in [-0.2, -0.15) is 0 Å². The standard InChI is InChI=1S/C17H23N3O2S2/c1-13-4-7-15(23-13)12-20-17(18-2)19-11-10-14-5-8-16(9-6-14)24(3,21)22/h4-9H,10-12H2,1-3H3,(H2,18,19,20). The van der Waals surface area contributed by atoms with Crippen molar-refractivity contribution in [2.75, 3.05) is 19.8 Å². The highest BCUT2D eigenvalue weighted by Crippen LogP contribution is 2.14. The third-order valence-electron chi connectivity index (χ3n) is 3.51. The topological polar surface area (TPSA) is 70.6 Å². The highest BCUT2D eigenvalue weighted by Gasteiger charge is 2.06. The smallest absolute Gasteiger partial charge is 0.191 e. The molecule has 0 saturated heterocycles. The van der Waals surface area contributed by atoms with Gasteiger partial charge in [-0.1, -0.05) is 12.1 Å². The minimum absolute atomic E-state index is 0.350. The molecule has 0 radical (unpaired) electrons. The molecule has 2 aromatic rings. The van der Waals surface area contributed by atoms with Gasteiger partial charge in [0, 0.05) is 29.6 Å². The van der Waals surface area contributed by atoms with Crippen LogP contribution in [0.25, 0.3) is 0 Å². The molecule has 0 bridgehead atoms. The number of sulfone groups is 1. The van der Waals surface area contributed by atoms with Crippen molar-refractivity contribution >= 4 is 27.1 Å². The van der Waals surface area contributed by atoms with Gasteiger partial charge in [0.15, 0.2) is 15.8 Å². The van der Waals surface area contributed by atoms with Crippen LogP contribution in [0.3, 0.4) is 0 Å². The lowest BCUT2D eigenvalue weighted by molar-refractivity contribution is 0.602. The van der Waals surface area contributed by atoms with Crippen LogP contribution >= 0.6 is 11.3 Å². The summed E-state index contributed by atoms with van der Waals surface area (Å²) in [5.41, 5.74) is 1.08. The van der Waals surface area contributed by atoms with Crippen molar-refractivity contribution in [3.05, 3.63) is 51.7 Å². The van der Waals surface area contributed by atoms with Gasteiger partial charge in [0.2, 0.25) is 0 Å². The molecule has 0 fully saturated rings. The van der Waals surface area contributed by atoms with Crippen LogP contribution in [-0.4, -0.2) is 34.2 Å². The molecule has 24 heavy (non-hydrogen) atoms. The number of nitrogens with one attached hydrogen (secondary N) is 2. The van der Waals surface area contributed by atoms with Gasteiger partial charge in [-0.05, 0) is 43.2 Å². The van der Waals surface area contributed by atoms with E-state index in [0.717, 1.165) is 31.0 Å². The third kappa shape index (κ3) is 5.65. The first-order valence-electron chi connectivity index (χ1n) is 7.67. The Labute approximate surface area is 147 Å². The average Bonchev–Trinajstić information content (AvgIpc) is 2.96. The summed E-state index contributed by atoms with van der Waals surface area (Å²) in [5.74, 6) is 0.758. The maximum Gasteiger partial charge on any atom is 0.191 e. The predicted octanol–water partition coefficient (Wildman–Crippen LogP) is 2.37. The van der Waals surface area contributed by atoms with Gasteiger partial charge in [-0.15, -0.1) is 11.3 Å². The Hall–Kier alpha value is -1.86. The lowest BCUT2D eigenvalue weighted by Crippen LogP contribution is -2.37. The zero-order chi connectivity index (χ0) is 17.6. The van der Waals surface area contributed by atoms with Crippen molar-refractivity contribution in [1.29, 1.82) is 0 Å². The molecule has 5 nitrogen and oxygen atoms in total. The number of guanidine groups is 1. The Morgan fingerprint density at radius 1 is 1.12 bits per heavy atom. The number of hydrogen-bond acceptors (Lipinski definition) is 4. The molecule has 0 unspecified atom stereocenters. The first kappa shape index (κ1) is 18.5. The Morgan fingerprint density at radius 2 is 1.83 bits per heavy atom. The Kier molecular flexibility index (Phi) is 6.39. The van der Waals surface area contributed by atoms with E-state index in [0.29, 0.717) is 4.90 Å². The van der Waals surface area contributed by atoms with E-state index in [4.69, 9.17) is 0 Å². The van der Waals surface area contributed by atoms with Crippen molar-refractivity contribution in [1.82, 2.24) is 10.6 Å². The molecular weight excluding hydrogens is 342 g/mol. The van der Waals surface area contributed by atoms with Crippen LogP contribution in [0.2, 0.25) is 0 Å². The Balaban J connectivity index is 1.79. The summed E-state index contributed by atoms with van der Waals surface area (Å²) in [6, 6.07) is 11.2. The maximum atomic E-state index is 11.4. The number of thiophene rings is 1. The molecule has 0 aliphatic rings. The number of nitrogens with zero attached hydrogens (tertiary/aromatic N) is 1. The molecule has 130 valence electrons. The normalized spacial score (nSPS) is 12.2. The molecule has 0 atom stereocenters. The van der Waals surface area contributed by atoms with Crippen molar-refractivity contribution in [2.45, 2.75) is 24.8 Å². The van der Waals surface area contributed by atoms with Crippen molar-refractivity contribution in [3.63, 3.8) is 0 Å². The van der Waals surface area contributed by atoms with Gasteiger partial charge < -0.3 is 10.6 Å². The van der Waals surface area contributed by atoms with Crippen LogP contribution in [0.4, 0.5) is 0 Å². The highest BCUT2D eigenvalue weighted by molar-refractivity contribution is 7.90. The molecule has 0 saturated carbocycles. The fourth-order valence-electron chi connectivity index (χ4n) is 2.20. The molecular formula is C17H23N3O2S2. The number of benzene rings is 1. The van der Waals surface area contributed by atoms with E-state index in [2.05, 4.69) is 34.7 Å². The summed E-state index contributed by atoms with van der Waals surface area (Å²) < 4.78 is 22.9. The average molecular weight is 366 g/mol. The van der Waals surface area contributed by atoms with Gasteiger partial charge in [0.25, 0.3) is 0 Å². The van der Waals surface area contributed by atoms with Crippen LogP contribution < -0.4 is 10.6 Å². The van der Waals surface area contributed by atoms with Crippen LogP contribution in [0.1, 0.15) is 15.3 Å². The molecule has 2 N–H and O–H groups in total. The fourth-order valence-corrected chi connectivity index (χ4v) is 3.66. The Morgan fingerprint density at radius 3 is 2.38 bits per heavy atom. The van der Waals surface area contributed by atoms with E-state index in [-0.39, 0.29) is 0 Å². The monoisotopic (exact) mass is 365 g/mol. The minimum Gasteiger partial charge on any atom is -0.356 e. The second-order valence-electron chi connectivity index (χ2n) is 5.53. The molecule has 0 aliphatic carbocycles. The second kappa shape index (κ2) is 8.30. The van der Waals surface area contributed by atoms with E-state index >= 15 is 0 Å². The van der Waals surface area contributed by atoms with Gasteiger partial charge >= 0.3 is 0 Å². The minimum atomic E-state index is -3.13. The predicted molar refractivity (Wildman–Crippen MR) is 101 cm³/mol. The lowest BCUT2D eigenvalue weighted by Gasteiger charge is -2.11. The van der Waals surface area contributed by atoms with Crippen molar-refractivity contribution in [2.24, 2.45) is 4.99 Å². The van der Waals surface area contributed by atoms with E-state index in [9.17, 15) is 8.42 Å². The van der Waals surface area contributed by atoms with Gasteiger partial charge in [-0.3, -0.25) is 4.99 Å². The fraction of sp³-hybridized carbons (Fsp3) is 0.353. The molecule has 2 rings (SSSR count). The van der Waals surface area contributed by atoms with Gasteiger partial charge in [0.1, 0.15) is 0 Å². The van der Waals surface area contributed by atoms with E-state index in [1.807, 2.05) is 12.1 Å². The van der Waals surface area contributed by atoms with Crippen LogP contribution in [0.15, 0.2) is 46.3 Å². The molecule has 1 heterocycles. The molecule has 0 amide bonds. The van der Waals surface area contributed by atoms with Gasteiger partial charge in [0.05, 0.1) is 11.4 Å². The molecule has 1 aromatic carbocycles. The summed E-state index contributed by atoms with van der Waals surface area (Å²) in [6.07, 6.45) is 2.01. The highest BCUT2D eigenvalue weighted by atomic mass is 32.2. The third-order valence-corrected chi connectivity index (χ3v) is 5.64. The van der Waals surface area contributed by atoms with E-state index < -0.39 is 9.84 Å². The maximum absolute atomic E-state index is 11.4. The molecule has 7 heteroatoms. The number of aryl methyl sites for hydroxylation is 1. The number of hydrogen-bond donors (Lipinski definition) is 2. The molecule has 0 spiro atoms. The van der Waals surface area contributed by atoms with Crippen LogP contribution in [-0.2, 0) is 22.8 Å². The number of aliphatic imine (C=N–C) groups is 1. The first-order chi connectivity index (χ1) is 11.4. The zero-order valence-corrected chi connectivity index (χ0v) is 15.8. The summed E-state index contributed by atoms with van der Waals surface area (Å²) in [6.45, 7) is 3.57. The van der Waals surface area contributed by atoms with Crippen molar-refractivity contribution < 1.29 is 8.42 Å².